The van der Waals surface area contributed by atoms with E-state index in [1.807, 2.05) is 16.7 Å². The molecule has 2 aromatic rings. The summed E-state index contributed by atoms with van der Waals surface area (Å²) < 4.78 is 21.4. The Labute approximate surface area is 121 Å². The molecule has 21 heavy (non-hydrogen) atoms. The number of rotatable bonds is 3. The molecule has 1 aliphatic rings. The summed E-state index contributed by atoms with van der Waals surface area (Å²) in [5.41, 5.74) is 2.18. The fraction of sp³-hybridized carbons (Fsp3) is 0.250. The van der Waals surface area contributed by atoms with Crippen molar-refractivity contribution in [2.75, 3.05) is 7.11 Å². The van der Waals surface area contributed by atoms with Gasteiger partial charge in [0.05, 0.1) is 29.6 Å². The monoisotopic (exact) mass is 286 g/mol. The molecule has 0 aromatic carbocycles. The van der Waals surface area contributed by atoms with Crippen molar-refractivity contribution in [2.24, 2.45) is 0 Å². The summed E-state index contributed by atoms with van der Waals surface area (Å²) in [6.07, 6.45) is 6.12. The minimum absolute atomic E-state index is 0.0994. The van der Waals surface area contributed by atoms with E-state index in [0.29, 0.717) is 29.1 Å². The maximum Gasteiger partial charge on any atom is 0.222 e. The van der Waals surface area contributed by atoms with Crippen LogP contribution in [0.5, 0.6) is 5.75 Å². The van der Waals surface area contributed by atoms with Gasteiger partial charge in [0.2, 0.25) is 5.95 Å². The van der Waals surface area contributed by atoms with Crippen molar-refractivity contribution >= 4 is 11.9 Å². The molecule has 3 heterocycles. The Morgan fingerprint density at radius 1 is 1.48 bits per heavy atom. The third-order valence-corrected chi connectivity index (χ3v) is 3.62. The zero-order valence-electron chi connectivity index (χ0n) is 11.9. The minimum Gasteiger partial charge on any atom is -0.494 e. The van der Waals surface area contributed by atoms with Crippen LogP contribution in [-0.2, 0) is 6.54 Å². The molecule has 0 spiro atoms. The SMILES string of the molecule is COc1c(C(C)=O)c2n(c1-c1cccnc1F)CCC=C2. The highest BCUT2D eigenvalue weighted by molar-refractivity contribution is 6.03. The third-order valence-electron chi connectivity index (χ3n) is 3.62. The first kappa shape index (κ1) is 13.5. The van der Waals surface area contributed by atoms with Gasteiger partial charge in [0.25, 0.3) is 0 Å². The second-order valence-corrected chi connectivity index (χ2v) is 4.88. The van der Waals surface area contributed by atoms with Crippen molar-refractivity contribution in [3.8, 4) is 17.0 Å². The summed E-state index contributed by atoms with van der Waals surface area (Å²) in [4.78, 5) is 15.7. The Kier molecular flexibility index (Phi) is 3.33. The number of allylic oxidation sites excluding steroid dienone is 1. The molecule has 108 valence electrons. The number of ketones is 1. The van der Waals surface area contributed by atoms with Crippen LogP contribution in [0.2, 0.25) is 0 Å². The topological polar surface area (TPSA) is 44.1 Å². The van der Waals surface area contributed by atoms with Crippen LogP contribution in [0.25, 0.3) is 17.3 Å². The standard InChI is InChI=1S/C16H15FN2O2/c1-10(20)13-12-7-3-4-9-19(12)14(15(13)21-2)11-6-5-8-18-16(11)17/h3,5-8H,4,9H2,1-2H3. The van der Waals surface area contributed by atoms with E-state index in [-0.39, 0.29) is 5.78 Å². The van der Waals surface area contributed by atoms with Gasteiger partial charge in [-0.05, 0) is 31.6 Å². The molecule has 0 saturated heterocycles. The molecule has 5 heteroatoms. The Morgan fingerprint density at radius 3 is 2.95 bits per heavy atom. The maximum absolute atomic E-state index is 14.1. The van der Waals surface area contributed by atoms with Gasteiger partial charge in [-0.25, -0.2) is 4.98 Å². The molecule has 4 nitrogen and oxygen atoms in total. The van der Waals surface area contributed by atoms with Gasteiger partial charge in [-0.2, -0.15) is 4.39 Å². The molecule has 0 radical (unpaired) electrons. The fourth-order valence-electron chi connectivity index (χ4n) is 2.79. The number of ether oxygens (including phenoxy) is 1. The fourth-order valence-corrected chi connectivity index (χ4v) is 2.79. The first-order valence-electron chi connectivity index (χ1n) is 6.74. The van der Waals surface area contributed by atoms with Crippen LogP contribution in [0.15, 0.2) is 24.4 Å². The molecule has 1 aliphatic heterocycles. The van der Waals surface area contributed by atoms with Crippen molar-refractivity contribution < 1.29 is 13.9 Å². The van der Waals surface area contributed by atoms with Crippen molar-refractivity contribution in [1.82, 2.24) is 9.55 Å². The van der Waals surface area contributed by atoms with Gasteiger partial charge < -0.3 is 9.30 Å². The van der Waals surface area contributed by atoms with Crippen molar-refractivity contribution in [3.05, 3.63) is 41.6 Å². The first-order valence-corrected chi connectivity index (χ1v) is 6.74. The Balaban J connectivity index is 2.38. The zero-order chi connectivity index (χ0) is 15.0. The normalized spacial score (nSPS) is 13.1. The predicted octanol–water partition coefficient (Wildman–Crippen LogP) is 3.32. The number of Topliss-reactive ketones (excluding diaryl/α,β-unsaturated/α-hetero) is 1. The zero-order valence-corrected chi connectivity index (χ0v) is 11.9. The number of methoxy groups -OCH3 is 1. The van der Waals surface area contributed by atoms with Gasteiger partial charge >= 0.3 is 0 Å². The Hall–Kier alpha value is -2.43. The van der Waals surface area contributed by atoms with Gasteiger partial charge in [-0.15, -0.1) is 0 Å². The summed E-state index contributed by atoms with van der Waals surface area (Å²) in [5, 5.41) is 0. The van der Waals surface area contributed by atoms with Gasteiger partial charge in [0.15, 0.2) is 11.5 Å². The molecule has 0 bridgehead atoms. The van der Waals surface area contributed by atoms with Crippen LogP contribution in [0.3, 0.4) is 0 Å². The number of hydrogen-bond acceptors (Lipinski definition) is 3. The van der Waals surface area contributed by atoms with Crippen molar-refractivity contribution in [1.29, 1.82) is 0 Å². The van der Waals surface area contributed by atoms with E-state index in [1.54, 1.807) is 12.1 Å². The van der Waals surface area contributed by atoms with E-state index in [9.17, 15) is 9.18 Å². The van der Waals surface area contributed by atoms with Gasteiger partial charge in [0.1, 0.15) is 0 Å². The molecule has 3 rings (SSSR count). The van der Waals surface area contributed by atoms with Crippen LogP contribution in [-0.4, -0.2) is 22.4 Å². The van der Waals surface area contributed by atoms with Crippen LogP contribution < -0.4 is 4.74 Å². The van der Waals surface area contributed by atoms with Crippen molar-refractivity contribution in [2.45, 2.75) is 19.9 Å². The number of carbonyl (C=O) groups excluding carboxylic acids is 1. The lowest BCUT2D eigenvalue weighted by Gasteiger charge is -2.14. The second-order valence-electron chi connectivity index (χ2n) is 4.88. The lowest BCUT2D eigenvalue weighted by molar-refractivity contribution is 0.101. The van der Waals surface area contributed by atoms with Crippen molar-refractivity contribution in [3.63, 3.8) is 0 Å². The van der Waals surface area contributed by atoms with Crippen LogP contribution in [0, 0.1) is 5.95 Å². The molecule has 2 aromatic heterocycles. The van der Waals surface area contributed by atoms with E-state index in [2.05, 4.69) is 4.98 Å². The molecule has 0 atom stereocenters. The number of halogens is 1. The van der Waals surface area contributed by atoms with Gasteiger partial charge in [0, 0.05) is 12.7 Å². The van der Waals surface area contributed by atoms with E-state index in [4.69, 9.17) is 4.74 Å². The summed E-state index contributed by atoms with van der Waals surface area (Å²) in [6.45, 7) is 2.17. The summed E-state index contributed by atoms with van der Waals surface area (Å²) in [6, 6.07) is 3.32. The molecule has 0 aliphatic carbocycles. The highest BCUT2D eigenvalue weighted by Gasteiger charge is 2.28. The molecule has 0 saturated carbocycles. The lowest BCUT2D eigenvalue weighted by atomic mass is 10.1. The maximum atomic E-state index is 14.1. The number of nitrogens with zero attached hydrogens (tertiary/aromatic N) is 2. The third kappa shape index (κ3) is 2.05. The van der Waals surface area contributed by atoms with E-state index in [0.717, 1.165) is 12.1 Å². The van der Waals surface area contributed by atoms with Crippen LogP contribution >= 0.6 is 0 Å². The molecule has 0 unspecified atom stereocenters. The summed E-state index contributed by atoms with van der Waals surface area (Å²) >= 11 is 0. The summed E-state index contributed by atoms with van der Waals surface area (Å²) in [7, 11) is 1.50. The number of aromatic nitrogens is 2. The quantitative estimate of drug-likeness (QED) is 0.642. The van der Waals surface area contributed by atoms with Crippen LogP contribution in [0.1, 0.15) is 29.4 Å². The minimum atomic E-state index is -0.569. The molecular formula is C16H15FN2O2. The lowest BCUT2D eigenvalue weighted by Crippen LogP contribution is -2.07. The molecule has 0 N–H and O–H groups in total. The molecule has 0 fully saturated rings. The second kappa shape index (κ2) is 5.16. The summed E-state index contributed by atoms with van der Waals surface area (Å²) in [5.74, 6) is -0.255. The Bertz CT molecular complexity index is 747. The average Bonchev–Trinajstić information content (AvgIpc) is 2.82. The van der Waals surface area contributed by atoms with E-state index >= 15 is 0 Å². The highest BCUT2D eigenvalue weighted by Crippen LogP contribution is 2.41. The number of carbonyl (C=O) groups is 1. The average molecular weight is 286 g/mol. The Morgan fingerprint density at radius 2 is 2.29 bits per heavy atom. The predicted molar refractivity (Wildman–Crippen MR) is 77.8 cm³/mol. The van der Waals surface area contributed by atoms with E-state index < -0.39 is 5.95 Å². The van der Waals surface area contributed by atoms with Gasteiger partial charge in [-0.3, -0.25) is 4.79 Å². The molecule has 0 amide bonds. The van der Waals surface area contributed by atoms with Gasteiger partial charge in [-0.1, -0.05) is 6.08 Å². The number of fused-ring (bicyclic) bond motifs is 1. The molecular weight excluding hydrogens is 271 g/mol. The number of pyridine rings is 1. The largest absolute Gasteiger partial charge is 0.494 e. The van der Waals surface area contributed by atoms with E-state index in [1.165, 1.54) is 20.2 Å². The smallest absolute Gasteiger partial charge is 0.222 e. The van der Waals surface area contributed by atoms with Crippen LogP contribution in [0.4, 0.5) is 4.39 Å². The number of hydrogen-bond donors (Lipinski definition) is 0. The first-order chi connectivity index (χ1) is 10.1. The highest BCUT2D eigenvalue weighted by atomic mass is 19.1.